The van der Waals surface area contributed by atoms with E-state index in [1.54, 1.807) is 42.5 Å². The van der Waals surface area contributed by atoms with Crippen molar-refractivity contribution in [3.8, 4) is 0 Å². The van der Waals surface area contributed by atoms with Crippen molar-refractivity contribution >= 4 is 39.1 Å². The molecule has 4 aromatic carbocycles. The predicted octanol–water partition coefficient (Wildman–Crippen LogP) is 6.85. The van der Waals surface area contributed by atoms with Gasteiger partial charge in [-0.2, -0.15) is 0 Å². The maximum atomic E-state index is 14.7. The first kappa shape index (κ1) is 33.2. The molecule has 9 heteroatoms. The van der Waals surface area contributed by atoms with Gasteiger partial charge in [0.05, 0.1) is 10.6 Å². The fourth-order valence-corrected chi connectivity index (χ4v) is 7.69. The summed E-state index contributed by atoms with van der Waals surface area (Å²) in [6.07, 6.45) is 4.11. The largest absolute Gasteiger partial charge is 0.352 e. The highest BCUT2D eigenvalue weighted by Gasteiger charge is 2.36. The van der Waals surface area contributed by atoms with Gasteiger partial charge in [0.25, 0.3) is 10.0 Å². The Bertz CT molecular complexity index is 1740. The fourth-order valence-electron chi connectivity index (χ4n) is 6.07. The second-order valence-corrected chi connectivity index (χ2v) is 14.2. The smallest absolute Gasteiger partial charge is 0.264 e. The van der Waals surface area contributed by atoms with Gasteiger partial charge in [-0.05, 0) is 79.3 Å². The normalized spacial score (nSPS) is 14.1. The molecule has 0 aromatic heterocycles. The topological polar surface area (TPSA) is 86.8 Å². The van der Waals surface area contributed by atoms with Crippen molar-refractivity contribution in [1.82, 2.24) is 10.2 Å². The van der Waals surface area contributed by atoms with E-state index in [4.69, 9.17) is 11.6 Å². The number of anilines is 1. The minimum absolute atomic E-state index is 0.0279. The van der Waals surface area contributed by atoms with Crippen molar-refractivity contribution in [1.29, 1.82) is 0 Å². The van der Waals surface area contributed by atoms with Gasteiger partial charge in [-0.25, -0.2) is 8.42 Å². The third kappa shape index (κ3) is 8.17. The highest BCUT2D eigenvalue weighted by atomic mass is 35.5. The number of nitrogens with zero attached hydrogens (tertiary/aromatic N) is 2. The summed E-state index contributed by atoms with van der Waals surface area (Å²) >= 11 is 6.60. The van der Waals surface area contributed by atoms with E-state index in [1.165, 1.54) is 17.0 Å². The molecule has 1 aliphatic carbocycles. The van der Waals surface area contributed by atoms with Crippen LogP contribution in [0.1, 0.15) is 47.9 Å². The maximum absolute atomic E-state index is 14.7. The Morgan fingerprint density at radius 2 is 1.43 bits per heavy atom. The van der Waals surface area contributed by atoms with Crippen molar-refractivity contribution in [2.24, 2.45) is 0 Å². The van der Waals surface area contributed by atoms with Gasteiger partial charge in [0.2, 0.25) is 11.8 Å². The van der Waals surface area contributed by atoms with Crippen LogP contribution in [0.2, 0.25) is 5.02 Å². The number of rotatable bonds is 12. The summed E-state index contributed by atoms with van der Waals surface area (Å²) in [6.45, 7) is 3.30. The molecule has 0 saturated heterocycles. The quantitative estimate of drug-likeness (QED) is 0.181. The van der Waals surface area contributed by atoms with Crippen molar-refractivity contribution in [2.45, 2.75) is 69.5 Å². The van der Waals surface area contributed by atoms with Crippen LogP contribution in [0.5, 0.6) is 0 Å². The molecule has 1 saturated carbocycles. The van der Waals surface area contributed by atoms with Crippen LogP contribution in [0, 0.1) is 13.8 Å². The van der Waals surface area contributed by atoms with Gasteiger partial charge in [-0.1, -0.05) is 97.2 Å². The summed E-state index contributed by atoms with van der Waals surface area (Å²) in [5, 5.41) is 3.65. The molecule has 1 atom stereocenters. The van der Waals surface area contributed by atoms with Crippen LogP contribution >= 0.6 is 11.6 Å². The summed E-state index contributed by atoms with van der Waals surface area (Å²) in [5.41, 5.74) is 3.65. The van der Waals surface area contributed by atoms with Gasteiger partial charge in [-0.3, -0.25) is 13.9 Å². The summed E-state index contributed by atoms with van der Waals surface area (Å²) in [6, 6.07) is 29.4. The van der Waals surface area contributed by atoms with E-state index in [2.05, 4.69) is 5.32 Å². The number of carbonyl (C=O) groups excluding carboxylic acids is 2. The zero-order valence-corrected chi connectivity index (χ0v) is 27.8. The monoisotopic (exact) mass is 657 g/mol. The van der Waals surface area contributed by atoms with Crippen LogP contribution in [-0.2, 0) is 32.6 Å². The molecule has 1 fully saturated rings. The van der Waals surface area contributed by atoms with Gasteiger partial charge in [-0.15, -0.1) is 0 Å². The molecular formula is C37H40ClN3O4S. The minimum atomic E-state index is -4.16. The molecular weight excluding hydrogens is 618 g/mol. The Labute approximate surface area is 277 Å². The SMILES string of the molecule is Cc1cc(C)cc(N(CC(=O)N(Cc2ccccc2Cl)C(Cc2ccccc2)C(=O)NC2CCCC2)S(=O)(=O)c2ccccc2)c1. The number of sulfonamides is 1. The molecule has 240 valence electrons. The average molecular weight is 658 g/mol. The van der Waals surface area contributed by atoms with Crippen molar-refractivity contribution in [2.75, 3.05) is 10.8 Å². The van der Waals surface area contributed by atoms with E-state index in [-0.39, 0.29) is 29.8 Å². The second kappa shape index (κ2) is 15.0. The van der Waals surface area contributed by atoms with Gasteiger partial charge < -0.3 is 10.2 Å². The van der Waals surface area contributed by atoms with Gasteiger partial charge in [0, 0.05) is 24.0 Å². The van der Waals surface area contributed by atoms with E-state index in [0.717, 1.165) is 46.7 Å². The highest BCUT2D eigenvalue weighted by molar-refractivity contribution is 7.92. The minimum Gasteiger partial charge on any atom is -0.352 e. The lowest BCUT2D eigenvalue weighted by Gasteiger charge is -2.34. The first-order chi connectivity index (χ1) is 22.1. The fraction of sp³-hybridized carbons (Fsp3) is 0.297. The van der Waals surface area contributed by atoms with Crippen LogP contribution in [-0.4, -0.2) is 43.8 Å². The van der Waals surface area contributed by atoms with Crippen LogP contribution in [0.4, 0.5) is 5.69 Å². The molecule has 0 aliphatic heterocycles. The maximum Gasteiger partial charge on any atom is 0.264 e. The second-order valence-electron chi connectivity index (χ2n) is 12.0. The molecule has 0 heterocycles. The zero-order valence-electron chi connectivity index (χ0n) is 26.2. The summed E-state index contributed by atoms with van der Waals surface area (Å²) < 4.78 is 29.6. The Balaban J connectivity index is 1.59. The van der Waals surface area contributed by atoms with Crippen LogP contribution in [0.15, 0.2) is 108 Å². The number of benzene rings is 4. The molecule has 0 bridgehead atoms. The third-order valence-electron chi connectivity index (χ3n) is 8.38. The van der Waals surface area contributed by atoms with Gasteiger partial charge in [0.1, 0.15) is 12.6 Å². The number of hydrogen-bond donors (Lipinski definition) is 1. The number of carbonyl (C=O) groups is 2. The Hall–Kier alpha value is -4.14. The zero-order chi connectivity index (χ0) is 32.7. The van der Waals surface area contributed by atoms with E-state index in [1.807, 2.05) is 62.4 Å². The molecule has 2 amide bonds. The number of halogens is 1. The van der Waals surface area contributed by atoms with Crippen LogP contribution in [0.3, 0.4) is 0 Å². The van der Waals surface area contributed by atoms with Gasteiger partial charge >= 0.3 is 0 Å². The van der Waals surface area contributed by atoms with Crippen LogP contribution in [0.25, 0.3) is 0 Å². The molecule has 0 radical (unpaired) electrons. The number of amides is 2. The number of hydrogen-bond acceptors (Lipinski definition) is 4. The Morgan fingerprint density at radius 1 is 0.848 bits per heavy atom. The molecule has 0 spiro atoms. The first-order valence-corrected chi connectivity index (χ1v) is 17.5. The lowest BCUT2D eigenvalue weighted by molar-refractivity contribution is -0.140. The number of nitrogens with one attached hydrogen (secondary N) is 1. The molecule has 46 heavy (non-hydrogen) atoms. The highest BCUT2D eigenvalue weighted by Crippen LogP contribution is 2.28. The predicted molar refractivity (Wildman–Crippen MR) is 183 cm³/mol. The van der Waals surface area contributed by atoms with E-state index < -0.39 is 28.5 Å². The molecule has 7 nitrogen and oxygen atoms in total. The summed E-state index contributed by atoms with van der Waals surface area (Å²) in [4.78, 5) is 30.3. The first-order valence-electron chi connectivity index (χ1n) is 15.6. The van der Waals surface area contributed by atoms with Crippen molar-refractivity contribution < 1.29 is 18.0 Å². The lowest BCUT2D eigenvalue weighted by Crippen LogP contribution is -2.54. The van der Waals surface area contributed by atoms with E-state index >= 15 is 0 Å². The molecule has 1 aliphatic rings. The molecule has 4 aromatic rings. The number of aryl methyl sites for hydroxylation is 2. The Kier molecular flexibility index (Phi) is 10.8. The van der Waals surface area contributed by atoms with Crippen LogP contribution < -0.4 is 9.62 Å². The molecule has 5 rings (SSSR count). The molecule has 1 unspecified atom stereocenters. The lowest BCUT2D eigenvalue weighted by atomic mass is 10.0. The summed E-state index contributed by atoms with van der Waals surface area (Å²) in [7, 11) is -4.16. The average Bonchev–Trinajstić information content (AvgIpc) is 3.55. The Morgan fingerprint density at radius 3 is 2.07 bits per heavy atom. The van der Waals surface area contributed by atoms with E-state index in [0.29, 0.717) is 16.3 Å². The third-order valence-corrected chi connectivity index (χ3v) is 10.5. The van der Waals surface area contributed by atoms with Crippen molar-refractivity contribution in [3.05, 3.63) is 130 Å². The van der Waals surface area contributed by atoms with E-state index in [9.17, 15) is 18.0 Å². The standard InChI is InChI=1S/C37H40ClN3O4S/c1-27-21-28(2)23-32(22-27)41(46(44,45)33-18-7-4-8-19-33)26-36(42)40(25-30-15-9-12-20-34(30)38)35(24-29-13-5-3-6-14-29)37(43)39-31-16-10-11-17-31/h3-9,12-15,18-23,31,35H,10-11,16-17,24-26H2,1-2H3,(H,39,43). The summed E-state index contributed by atoms with van der Waals surface area (Å²) in [5.74, 6) is -0.777. The van der Waals surface area contributed by atoms with Crippen molar-refractivity contribution in [3.63, 3.8) is 0 Å². The molecule has 1 N–H and O–H groups in total. The van der Waals surface area contributed by atoms with Gasteiger partial charge in [0.15, 0.2) is 0 Å².